The number of para-hydroxylation sites is 1. The molecule has 9 rings (SSSR count). The molecule has 45 heavy (non-hydrogen) atoms. The zero-order valence-electron chi connectivity index (χ0n) is 29.9. The van der Waals surface area contributed by atoms with E-state index in [1.165, 1.54) is 10.8 Å². The first-order chi connectivity index (χ1) is 24.7. The van der Waals surface area contributed by atoms with Gasteiger partial charge in [-0.3, -0.25) is 0 Å². The second-order valence-electron chi connectivity index (χ2n) is 11.0. The van der Waals surface area contributed by atoms with E-state index in [0.717, 1.165) is 27.3 Å². The van der Waals surface area contributed by atoms with Crippen LogP contribution >= 0.6 is 0 Å². The number of hydrogen-bond acceptors (Lipinski definition) is 4. The Morgan fingerprint density at radius 3 is 2.16 bits per heavy atom. The molecule has 0 fully saturated rings. The van der Waals surface area contributed by atoms with Crippen LogP contribution in [0.25, 0.3) is 83.0 Å². The van der Waals surface area contributed by atoms with Crippen LogP contribution in [0.3, 0.4) is 0 Å². The Labute approximate surface area is 268 Å². The first-order valence-electron chi connectivity index (χ1n) is 17.8. The van der Waals surface area contributed by atoms with E-state index in [4.69, 9.17) is 27.6 Å². The first kappa shape index (κ1) is 20.2. The third-order valence-electron chi connectivity index (χ3n) is 8.24. The molecule has 1 aliphatic rings. The third-order valence-corrected chi connectivity index (χ3v) is 8.24. The van der Waals surface area contributed by atoms with Crippen molar-refractivity contribution in [3.05, 3.63) is 145 Å². The van der Waals surface area contributed by atoms with Gasteiger partial charge in [-0.1, -0.05) is 109 Å². The maximum atomic E-state index is 8.82. The lowest BCUT2D eigenvalue weighted by atomic mass is 9.98. The maximum Gasteiger partial charge on any atom is 0.164 e. The summed E-state index contributed by atoms with van der Waals surface area (Å²) in [7, 11) is 0. The highest BCUT2D eigenvalue weighted by Gasteiger charge is 2.18. The van der Waals surface area contributed by atoms with Crippen LogP contribution in [0.2, 0.25) is 0 Å². The summed E-state index contributed by atoms with van der Waals surface area (Å²) in [4.78, 5) is 14.5. The summed E-state index contributed by atoms with van der Waals surface area (Å²) in [5.41, 5.74) is 4.69. The average Bonchev–Trinajstić information content (AvgIpc) is 3.53. The van der Waals surface area contributed by atoms with Crippen LogP contribution in [-0.4, -0.2) is 15.0 Å². The second-order valence-corrected chi connectivity index (χ2v) is 11.0. The fourth-order valence-electron chi connectivity index (χ4n) is 6.02. The van der Waals surface area contributed by atoms with Gasteiger partial charge in [0, 0.05) is 24.6 Å². The lowest BCUT2D eigenvalue weighted by Crippen LogP contribution is -2.04. The monoisotopic (exact) mass is 583 g/mol. The quantitative estimate of drug-likeness (QED) is 0.207. The lowest BCUT2D eigenvalue weighted by Gasteiger charge is -2.12. The average molecular weight is 584 g/mol. The van der Waals surface area contributed by atoms with Gasteiger partial charge < -0.3 is 4.42 Å². The molecule has 2 atom stereocenters. The van der Waals surface area contributed by atoms with Crippen LogP contribution in [0.15, 0.2) is 144 Å². The third kappa shape index (κ3) is 4.50. The molecule has 0 spiro atoms. The molecule has 0 aliphatic heterocycles. The summed E-state index contributed by atoms with van der Waals surface area (Å²) in [6.45, 7) is 0. The Hall–Kier alpha value is -5.87. The molecule has 8 aromatic rings. The van der Waals surface area contributed by atoms with Crippen LogP contribution < -0.4 is 0 Å². The Morgan fingerprint density at radius 2 is 1.29 bits per heavy atom. The van der Waals surface area contributed by atoms with Gasteiger partial charge in [-0.15, -0.1) is 0 Å². The minimum Gasteiger partial charge on any atom is -0.456 e. The van der Waals surface area contributed by atoms with Gasteiger partial charge in [-0.2, -0.15) is 0 Å². The van der Waals surface area contributed by atoms with Gasteiger partial charge in [0.2, 0.25) is 0 Å². The van der Waals surface area contributed by atoms with E-state index in [2.05, 4.69) is 48.5 Å². The summed E-state index contributed by atoms with van der Waals surface area (Å²) >= 11 is 0. The Morgan fingerprint density at radius 1 is 0.600 bits per heavy atom. The van der Waals surface area contributed by atoms with Crippen LogP contribution in [-0.2, 0) is 0 Å². The predicted octanol–water partition coefficient (Wildman–Crippen LogP) is 10.8. The molecular weight excluding hydrogens is 550 g/mol. The van der Waals surface area contributed by atoms with Gasteiger partial charge in [0.05, 0.1) is 5.48 Å². The zero-order chi connectivity index (χ0) is 35.0. The predicted molar refractivity (Wildman–Crippen MR) is 185 cm³/mol. The Kier molecular flexibility index (Phi) is 4.65. The fourth-order valence-corrected chi connectivity index (χ4v) is 6.02. The molecule has 0 saturated carbocycles. The fraction of sp³-hybridized carbons (Fsp3) is 0.0488. The number of rotatable bonds is 4. The van der Waals surface area contributed by atoms with Crippen molar-refractivity contribution < 1.29 is 12.6 Å². The van der Waals surface area contributed by atoms with Crippen LogP contribution in [0.5, 0.6) is 0 Å². The number of nitrogens with zero attached hydrogens (tertiary/aromatic N) is 3. The number of allylic oxidation sites excluding steroid dienone is 4. The van der Waals surface area contributed by atoms with Crippen molar-refractivity contribution >= 4 is 49.1 Å². The number of aromatic nitrogens is 3. The van der Waals surface area contributed by atoms with Crippen molar-refractivity contribution in [1.82, 2.24) is 15.0 Å². The maximum absolute atomic E-state index is 8.82. The summed E-state index contributed by atoms with van der Waals surface area (Å²) in [6.07, 6.45) is -2.71. The molecule has 6 aromatic carbocycles. The van der Waals surface area contributed by atoms with Crippen molar-refractivity contribution in [1.29, 1.82) is 0 Å². The highest BCUT2D eigenvalue weighted by Crippen LogP contribution is 2.37. The molecule has 4 nitrogen and oxygen atoms in total. The van der Waals surface area contributed by atoms with Gasteiger partial charge in [-0.25, -0.2) is 15.0 Å². The van der Waals surface area contributed by atoms with Gasteiger partial charge in [0.15, 0.2) is 17.5 Å². The standard InChI is InChI=1S/C41H27N3O/c1-2-10-27(11-3-1)39-42-40(44-41(43-39)35-14-8-16-37-38(35)34-13-6-7-15-36(34)45-37)33-22-21-31-24-30(19-20-32(31)25-33)29-18-17-26-9-4-5-12-28(26)23-29/h1-2,4-10,12-25H,3,11H2/i1D,2D,3D,6D,10D,11D. The molecule has 2 heterocycles. The van der Waals surface area contributed by atoms with Crippen LogP contribution in [0, 0.1) is 0 Å². The van der Waals surface area contributed by atoms with E-state index >= 15 is 0 Å². The molecule has 0 saturated heterocycles. The van der Waals surface area contributed by atoms with E-state index in [1.807, 2.05) is 48.5 Å². The molecule has 2 unspecified atom stereocenters. The van der Waals surface area contributed by atoms with Crippen molar-refractivity contribution in [2.24, 2.45) is 0 Å². The molecule has 0 bridgehead atoms. The molecule has 0 N–H and O–H groups in total. The SMILES string of the molecule is [2H]C1=C([2H])C([2H])C([2H])C(c2nc(-c3ccc4cc(-c5ccc6ccccc6c5)ccc4c3)nc(-c3cccc4oc5ccc([2H])cc5c34)n2)=C1[2H]. The van der Waals surface area contributed by atoms with Crippen molar-refractivity contribution in [3.8, 4) is 33.9 Å². The zero-order valence-corrected chi connectivity index (χ0v) is 23.9. The molecule has 212 valence electrons. The number of benzene rings is 6. The molecule has 0 radical (unpaired) electrons. The van der Waals surface area contributed by atoms with E-state index in [1.54, 1.807) is 18.2 Å². The van der Waals surface area contributed by atoms with E-state index in [-0.39, 0.29) is 29.3 Å². The molecule has 0 amide bonds. The summed E-state index contributed by atoms with van der Waals surface area (Å²) in [5.74, 6) is 0.557. The number of hydrogen-bond donors (Lipinski definition) is 0. The second kappa shape index (κ2) is 10.4. The highest BCUT2D eigenvalue weighted by atomic mass is 16.3. The summed E-state index contributed by atoms with van der Waals surface area (Å²) < 4.78 is 56.9. The molecular formula is C41H27N3O. The van der Waals surface area contributed by atoms with Crippen LogP contribution in [0.4, 0.5) is 0 Å². The topological polar surface area (TPSA) is 51.8 Å². The first-order valence-corrected chi connectivity index (χ1v) is 14.7. The van der Waals surface area contributed by atoms with Gasteiger partial charge in [0.1, 0.15) is 11.2 Å². The Bertz CT molecular complexity index is 2810. The van der Waals surface area contributed by atoms with Gasteiger partial charge in [0.25, 0.3) is 0 Å². The smallest absolute Gasteiger partial charge is 0.164 e. The van der Waals surface area contributed by atoms with Gasteiger partial charge >= 0.3 is 0 Å². The minimum absolute atomic E-state index is 0.000567. The molecule has 1 aliphatic carbocycles. The van der Waals surface area contributed by atoms with Crippen molar-refractivity contribution in [3.63, 3.8) is 0 Å². The summed E-state index contributed by atoms with van der Waals surface area (Å²) in [6, 6.07) is 36.8. The largest absolute Gasteiger partial charge is 0.456 e. The highest BCUT2D eigenvalue weighted by molar-refractivity contribution is 6.11. The van der Waals surface area contributed by atoms with Gasteiger partial charge in [-0.05, 0) is 81.4 Å². The van der Waals surface area contributed by atoms with Crippen LogP contribution in [0.1, 0.15) is 26.8 Å². The molecule has 4 heteroatoms. The van der Waals surface area contributed by atoms with E-state index < -0.39 is 18.8 Å². The Balaban J connectivity index is 1.23. The summed E-state index contributed by atoms with van der Waals surface area (Å²) in [5, 5.41) is 5.79. The number of fused-ring (bicyclic) bond motifs is 5. The normalized spacial score (nSPS) is 19.0. The minimum atomic E-state index is -1.36. The number of furan rings is 1. The van der Waals surface area contributed by atoms with E-state index in [0.29, 0.717) is 39.5 Å². The molecule has 2 aromatic heterocycles. The van der Waals surface area contributed by atoms with Crippen molar-refractivity contribution in [2.75, 3.05) is 0 Å². The van der Waals surface area contributed by atoms with E-state index in [9.17, 15) is 0 Å². The lowest BCUT2D eigenvalue weighted by molar-refractivity contribution is 0.669. The van der Waals surface area contributed by atoms with Crippen molar-refractivity contribution in [2.45, 2.75) is 12.8 Å².